The first-order chi connectivity index (χ1) is 6.63. The van der Waals surface area contributed by atoms with Gasteiger partial charge in [0.1, 0.15) is 0 Å². The van der Waals surface area contributed by atoms with E-state index in [-0.39, 0.29) is 12.2 Å². The summed E-state index contributed by atoms with van der Waals surface area (Å²) < 4.78 is 0. The molecule has 2 unspecified atom stereocenters. The molecular formula is C10H20N2O2. The quantitative estimate of drug-likeness (QED) is 0.468. The Balaban J connectivity index is 3.28. The molecule has 14 heavy (non-hydrogen) atoms. The molecule has 0 aromatic rings. The van der Waals surface area contributed by atoms with Gasteiger partial charge in [-0.05, 0) is 13.8 Å². The summed E-state index contributed by atoms with van der Waals surface area (Å²) in [5.74, 6) is 0. The van der Waals surface area contributed by atoms with E-state index in [0.717, 1.165) is 0 Å². The number of aliphatic hydroxyl groups is 2. The van der Waals surface area contributed by atoms with Crippen molar-refractivity contribution >= 4 is 12.4 Å². The fourth-order valence-corrected chi connectivity index (χ4v) is 0.752. The second-order valence-electron chi connectivity index (χ2n) is 3.35. The van der Waals surface area contributed by atoms with E-state index in [1.54, 1.807) is 26.3 Å². The minimum Gasteiger partial charge on any atom is -0.393 e. The van der Waals surface area contributed by atoms with Gasteiger partial charge in [0.2, 0.25) is 0 Å². The molecule has 0 bridgehead atoms. The predicted molar refractivity (Wildman–Crippen MR) is 59.3 cm³/mol. The Morgan fingerprint density at radius 2 is 1.29 bits per heavy atom. The average molecular weight is 200 g/mol. The van der Waals surface area contributed by atoms with Crippen molar-refractivity contribution in [3.05, 3.63) is 0 Å². The van der Waals surface area contributed by atoms with Gasteiger partial charge in [0, 0.05) is 25.3 Å². The second kappa shape index (κ2) is 8.84. The summed E-state index contributed by atoms with van der Waals surface area (Å²) in [7, 11) is 0. The Bertz CT molecular complexity index is 157. The zero-order valence-corrected chi connectivity index (χ0v) is 8.93. The van der Waals surface area contributed by atoms with Crippen molar-refractivity contribution in [1.29, 1.82) is 0 Å². The number of aliphatic imine (C=N–C) groups is 2. The van der Waals surface area contributed by atoms with Gasteiger partial charge >= 0.3 is 0 Å². The lowest BCUT2D eigenvalue weighted by Crippen LogP contribution is -2.01. The zero-order valence-electron chi connectivity index (χ0n) is 8.93. The molecule has 0 aliphatic carbocycles. The highest BCUT2D eigenvalue weighted by Gasteiger charge is 1.90. The van der Waals surface area contributed by atoms with E-state index in [2.05, 4.69) is 9.98 Å². The molecule has 2 N–H and O–H groups in total. The first-order valence-electron chi connectivity index (χ1n) is 4.95. The molecule has 0 aliphatic rings. The normalized spacial score (nSPS) is 16.6. The van der Waals surface area contributed by atoms with Gasteiger partial charge in [-0.2, -0.15) is 0 Å². The Kier molecular flexibility index (Phi) is 8.37. The number of nitrogens with zero attached hydrogens (tertiary/aromatic N) is 2. The Morgan fingerprint density at radius 3 is 1.57 bits per heavy atom. The molecule has 0 spiro atoms. The van der Waals surface area contributed by atoms with E-state index in [9.17, 15) is 0 Å². The number of hydrogen-bond donors (Lipinski definition) is 2. The Morgan fingerprint density at radius 1 is 0.929 bits per heavy atom. The third-order valence-electron chi connectivity index (χ3n) is 1.51. The molecule has 0 saturated carbocycles. The van der Waals surface area contributed by atoms with Crippen LogP contribution in [0.2, 0.25) is 0 Å². The zero-order chi connectivity index (χ0) is 10.8. The van der Waals surface area contributed by atoms with Crippen LogP contribution in [0, 0.1) is 0 Å². The Labute approximate surface area is 85.4 Å². The molecule has 0 radical (unpaired) electrons. The summed E-state index contributed by atoms with van der Waals surface area (Å²) in [6.07, 6.45) is 3.98. The minimum absolute atomic E-state index is 0.322. The fourth-order valence-electron chi connectivity index (χ4n) is 0.752. The van der Waals surface area contributed by atoms with Crippen LogP contribution in [0.1, 0.15) is 26.7 Å². The smallest absolute Gasteiger partial charge is 0.0581 e. The van der Waals surface area contributed by atoms with Crippen LogP contribution in [0.5, 0.6) is 0 Å². The highest BCUT2D eigenvalue weighted by atomic mass is 16.3. The van der Waals surface area contributed by atoms with Gasteiger partial charge in [-0.1, -0.05) is 0 Å². The lowest BCUT2D eigenvalue weighted by atomic mass is 10.3. The summed E-state index contributed by atoms with van der Waals surface area (Å²) >= 11 is 0. The predicted octanol–water partition coefficient (Wildman–Crippen LogP) is 0.670. The molecule has 0 aromatic carbocycles. The van der Waals surface area contributed by atoms with Crippen molar-refractivity contribution in [2.75, 3.05) is 13.1 Å². The number of hydrogen-bond acceptors (Lipinski definition) is 4. The van der Waals surface area contributed by atoms with E-state index in [0.29, 0.717) is 25.9 Å². The van der Waals surface area contributed by atoms with Crippen LogP contribution in [0.25, 0.3) is 0 Å². The molecule has 2 atom stereocenters. The van der Waals surface area contributed by atoms with Crippen LogP contribution < -0.4 is 0 Å². The highest BCUT2D eigenvalue weighted by Crippen LogP contribution is 1.86. The van der Waals surface area contributed by atoms with Crippen LogP contribution in [0.4, 0.5) is 0 Å². The number of aliphatic hydroxyl groups excluding tert-OH is 2. The SMILES string of the molecule is CC(O)CC=NCCN=CCC(C)O. The molecule has 0 fully saturated rings. The van der Waals surface area contributed by atoms with Crippen molar-refractivity contribution in [2.45, 2.75) is 38.9 Å². The van der Waals surface area contributed by atoms with Crippen LogP contribution >= 0.6 is 0 Å². The molecule has 4 heteroatoms. The molecular weight excluding hydrogens is 180 g/mol. The summed E-state index contributed by atoms with van der Waals surface area (Å²) in [4.78, 5) is 8.13. The first kappa shape index (κ1) is 13.3. The third kappa shape index (κ3) is 11.3. The van der Waals surface area contributed by atoms with Gasteiger partial charge in [0.25, 0.3) is 0 Å². The molecule has 0 rings (SSSR count). The number of rotatable bonds is 7. The highest BCUT2D eigenvalue weighted by molar-refractivity contribution is 5.58. The molecule has 4 nitrogen and oxygen atoms in total. The van der Waals surface area contributed by atoms with Crippen molar-refractivity contribution < 1.29 is 10.2 Å². The molecule has 0 heterocycles. The first-order valence-corrected chi connectivity index (χ1v) is 4.95. The molecule has 82 valence electrons. The van der Waals surface area contributed by atoms with Gasteiger partial charge in [0.15, 0.2) is 0 Å². The van der Waals surface area contributed by atoms with E-state index in [1.165, 1.54) is 0 Å². The van der Waals surface area contributed by atoms with Gasteiger partial charge < -0.3 is 10.2 Å². The van der Waals surface area contributed by atoms with Crippen LogP contribution in [-0.2, 0) is 0 Å². The standard InChI is InChI=1S/C10H20N2O2/c1-9(13)3-5-11-7-8-12-6-4-10(2)14/h5-6,9-10,13-14H,3-4,7-8H2,1-2H3. The van der Waals surface area contributed by atoms with Crippen molar-refractivity contribution in [3.8, 4) is 0 Å². The van der Waals surface area contributed by atoms with Gasteiger partial charge in [-0.25, -0.2) is 0 Å². The maximum absolute atomic E-state index is 8.91. The maximum atomic E-state index is 8.91. The molecule has 0 amide bonds. The lowest BCUT2D eigenvalue weighted by molar-refractivity contribution is 0.204. The molecule has 0 aliphatic heterocycles. The summed E-state index contributed by atoms with van der Waals surface area (Å²) in [5, 5.41) is 17.8. The second-order valence-corrected chi connectivity index (χ2v) is 3.35. The third-order valence-corrected chi connectivity index (χ3v) is 1.51. The monoisotopic (exact) mass is 200 g/mol. The summed E-state index contributed by atoms with van der Waals surface area (Å²) in [5.41, 5.74) is 0. The fraction of sp³-hybridized carbons (Fsp3) is 0.800. The van der Waals surface area contributed by atoms with Gasteiger partial charge in [-0.3, -0.25) is 9.98 Å². The average Bonchev–Trinajstić information content (AvgIpc) is 2.08. The maximum Gasteiger partial charge on any atom is 0.0581 e. The van der Waals surface area contributed by atoms with E-state index < -0.39 is 0 Å². The van der Waals surface area contributed by atoms with E-state index in [4.69, 9.17) is 10.2 Å². The van der Waals surface area contributed by atoms with Crippen LogP contribution in [-0.4, -0.2) is 47.9 Å². The summed E-state index contributed by atoms with van der Waals surface area (Å²) in [6, 6.07) is 0. The molecule has 0 saturated heterocycles. The minimum atomic E-state index is -0.322. The van der Waals surface area contributed by atoms with E-state index >= 15 is 0 Å². The van der Waals surface area contributed by atoms with Crippen LogP contribution in [0.15, 0.2) is 9.98 Å². The Hall–Kier alpha value is -0.740. The largest absolute Gasteiger partial charge is 0.393 e. The van der Waals surface area contributed by atoms with Gasteiger partial charge in [0.05, 0.1) is 25.3 Å². The molecule has 0 aromatic heterocycles. The topological polar surface area (TPSA) is 65.2 Å². The van der Waals surface area contributed by atoms with Crippen LogP contribution in [0.3, 0.4) is 0 Å². The lowest BCUT2D eigenvalue weighted by Gasteiger charge is -1.96. The van der Waals surface area contributed by atoms with Crippen molar-refractivity contribution in [3.63, 3.8) is 0 Å². The summed E-state index contributed by atoms with van der Waals surface area (Å²) in [6.45, 7) is 4.74. The van der Waals surface area contributed by atoms with E-state index in [1.807, 2.05) is 0 Å². The van der Waals surface area contributed by atoms with Crippen molar-refractivity contribution in [1.82, 2.24) is 0 Å². The van der Waals surface area contributed by atoms with Crippen molar-refractivity contribution in [2.24, 2.45) is 9.98 Å². The van der Waals surface area contributed by atoms with Gasteiger partial charge in [-0.15, -0.1) is 0 Å².